The molecule has 4 N–H and O–H groups in total. The Morgan fingerprint density at radius 3 is 2.25 bits per heavy atom. The lowest BCUT2D eigenvalue weighted by Gasteiger charge is -2.36. The number of carbonyl (C=O) groups excluding carboxylic acids is 2. The molecule has 3 heterocycles. The first-order valence-electron chi connectivity index (χ1n) is 17.2. The largest absolute Gasteiger partial charge is 0.508 e. The molecule has 1 aliphatic heterocycles. The van der Waals surface area contributed by atoms with E-state index in [4.69, 9.17) is 4.74 Å². The number of hydrogen-bond donors (Lipinski definition) is 4. The summed E-state index contributed by atoms with van der Waals surface area (Å²) < 4.78 is 60.4. The highest BCUT2D eigenvalue weighted by Gasteiger charge is 2.36. The second kappa shape index (κ2) is 15.3. The molecule has 2 aliphatic rings. The molecule has 2 amide bonds. The van der Waals surface area contributed by atoms with Crippen molar-refractivity contribution in [2.24, 2.45) is 7.05 Å². The summed E-state index contributed by atoms with van der Waals surface area (Å²) in [5.41, 5.74) is 1.02. The lowest BCUT2D eigenvalue weighted by atomic mass is 9.91. The van der Waals surface area contributed by atoms with E-state index < -0.39 is 29.5 Å². The number of nitrogens with zero attached hydrogens (tertiary/aromatic N) is 4. The Kier molecular flexibility index (Phi) is 10.8. The molecule has 4 aromatic rings. The third-order valence-corrected chi connectivity index (χ3v) is 9.35. The first-order valence-corrected chi connectivity index (χ1v) is 17.2. The monoisotopic (exact) mass is 723 g/mol. The number of benzene rings is 2. The number of pyridine rings is 1. The number of phenols is 1. The van der Waals surface area contributed by atoms with Crippen molar-refractivity contribution in [2.45, 2.75) is 76.4 Å². The fourth-order valence-corrected chi connectivity index (χ4v) is 6.97. The second-order valence-electron chi connectivity index (χ2n) is 13.7. The van der Waals surface area contributed by atoms with E-state index in [1.54, 1.807) is 24.3 Å². The van der Waals surface area contributed by atoms with E-state index in [0.717, 1.165) is 49.1 Å². The van der Waals surface area contributed by atoms with Gasteiger partial charge < -0.3 is 25.8 Å². The van der Waals surface area contributed by atoms with Crippen molar-refractivity contribution in [3.63, 3.8) is 0 Å². The number of aryl methyl sites for hydroxylation is 1. The first kappa shape index (κ1) is 36.8. The van der Waals surface area contributed by atoms with E-state index in [-0.39, 0.29) is 35.0 Å². The molecule has 11 nitrogen and oxygen atoms in total. The number of piperazine rings is 1. The summed E-state index contributed by atoms with van der Waals surface area (Å²) in [6, 6.07) is 14.4. The standard InChI is InChI=1S/C37H41F4N7O4/c1-21-18-48(19-22(2)43-21)20-25-13-24(7-12-32(25)49)23-5-4-6-29(14-23)52-36-30(15-26(38)17-42-36)34(50)44-27-8-10-28(11-9-27)45-35(51)31-16-33(37(39,40)41)47(3)46-31/h4-7,12-17,21-22,27-28,43,49H,8-11,18-20H2,1-3H3,(H,44,50)(H,45,51)/t21-,22+,27-,28+. The minimum Gasteiger partial charge on any atom is -0.508 e. The van der Waals surface area contributed by atoms with E-state index >= 15 is 0 Å². The molecule has 2 aromatic carbocycles. The van der Waals surface area contributed by atoms with Gasteiger partial charge in [0, 0.05) is 62.5 Å². The maximum absolute atomic E-state index is 14.4. The zero-order chi connectivity index (χ0) is 37.2. The normalized spacial score (nSPS) is 21.1. The van der Waals surface area contributed by atoms with Crippen LogP contribution in [0.5, 0.6) is 17.4 Å². The van der Waals surface area contributed by atoms with Crippen molar-refractivity contribution in [1.29, 1.82) is 0 Å². The van der Waals surface area contributed by atoms with Crippen molar-refractivity contribution in [3.05, 3.63) is 89.1 Å². The van der Waals surface area contributed by atoms with Gasteiger partial charge in [-0.3, -0.25) is 19.2 Å². The Morgan fingerprint density at radius 1 is 0.942 bits per heavy atom. The van der Waals surface area contributed by atoms with Crippen molar-refractivity contribution >= 4 is 11.8 Å². The molecular weight excluding hydrogens is 682 g/mol. The van der Waals surface area contributed by atoms with Gasteiger partial charge in [0.2, 0.25) is 5.88 Å². The predicted octanol–water partition coefficient (Wildman–Crippen LogP) is 5.79. The average molecular weight is 724 g/mol. The van der Waals surface area contributed by atoms with Crippen LogP contribution in [0, 0.1) is 5.82 Å². The van der Waals surface area contributed by atoms with Crippen LogP contribution in [0.4, 0.5) is 17.6 Å². The number of alkyl halides is 3. The molecule has 2 aromatic heterocycles. The molecule has 0 unspecified atom stereocenters. The van der Waals surface area contributed by atoms with Gasteiger partial charge in [0.25, 0.3) is 11.8 Å². The third kappa shape index (κ3) is 8.88. The molecule has 1 aliphatic carbocycles. The van der Waals surface area contributed by atoms with Crippen molar-refractivity contribution in [2.75, 3.05) is 13.1 Å². The molecule has 0 bridgehead atoms. The predicted molar refractivity (Wildman–Crippen MR) is 184 cm³/mol. The molecule has 15 heteroatoms. The quantitative estimate of drug-likeness (QED) is 0.160. The number of ether oxygens (including phenoxy) is 1. The fourth-order valence-electron chi connectivity index (χ4n) is 6.97. The fraction of sp³-hybridized carbons (Fsp3) is 0.405. The summed E-state index contributed by atoms with van der Waals surface area (Å²) in [6.45, 7) is 6.60. The van der Waals surface area contributed by atoms with Gasteiger partial charge in [-0.15, -0.1) is 0 Å². The van der Waals surface area contributed by atoms with Gasteiger partial charge in [0.05, 0.1) is 6.20 Å². The minimum absolute atomic E-state index is 0.0843. The van der Waals surface area contributed by atoms with Crippen molar-refractivity contribution < 1.29 is 37.0 Å². The number of aromatic hydroxyl groups is 1. The Labute approximate surface area is 298 Å². The Bertz CT molecular complexity index is 1920. The summed E-state index contributed by atoms with van der Waals surface area (Å²) in [6.07, 6.45) is -1.82. The maximum Gasteiger partial charge on any atom is 0.433 e. The van der Waals surface area contributed by atoms with Crippen molar-refractivity contribution in [3.8, 4) is 28.5 Å². The second-order valence-corrected chi connectivity index (χ2v) is 13.7. The molecule has 276 valence electrons. The SMILES string of the molecule is C[C@@H]1CN(Cc2cc(-c3cccc(Oc4ncc(F)cc4C(=O)N[C@H]4CC[C@@H](NC(=O)c5cc(C(F)(F)F)n(C)n5)CC4)c3)ccc2O)C[C@H](C)N1. The number of carbonyl (C=O) groups is 2. The number of rotatable bonds is 9. The number of halogens is 4. The number of hydrogen-bond acceptors (Lipinski definition) is 8. The summed E-state index contributed by atoms with van der Waals surface area (Å²) in [5, 5.41) is 23.5. The Hall–Kier alpha value is -5.02. The highest BCUT2D eigenvalue weighted by atomic mass is 19.4. The number of phenolic OH excluding ortho intramolecular Hbond substituents is 1. The van der Waals surface area contributed by atoms with Crippen LogP contribution in [0.25, 0.3) is 11.1 Å². The summed E-state index contributed by atoms with van der Waals surface area (Å²) >= 11 is 0. The molecular formula is C37H41F4N7O4. The van der Waals surface area contributed by atoms with Gasteiger partial charge in [-0.25, -0.2) is 9.37 Å². The molecule has 1 saturated heterocycles. The van der Waals surface area contributed by atoms with Crippen LogP contribution in [0.15, 0.2) is 60.8 Å². The molecule has 6 rings (SSSR count). The first-order chi connectivity index (χ1) is 24.7. The maximum atomic E-state index is 14.4. The molecule has 0 radical (unpaired) electrons. The summed E-state index contributed by atoms with van der Waals surface area (Å²) in [4.78, 5) is 32.4. The minimum atomic E-state index is -4.63. The molecule has 2 fully saturated rings. The van der Waals surface area contributed by atoms with Gasteiger partial charge in [0.1, 0.15) is 28.6 Å². The highest BCUT2D eigenvalue weighted by molar-refractivity contribution is 5.96. The van der Waals surface area contributed by atoms with Crippen LogP contribution < -0.4 is 20.7 Å². The van der Waals surface area contributed by atoms with E-state index in [1.807, 2.05) is 18.2 Å². The van der Waals surface area contributed by atoms with Gasteiger partial charge in [-0.1, -0.05) is 18.2 Å². The van der Waals surface area contributed by atoms with Gasteiger partial charge in [-0.05, 0) is 81.0 Å². The molecule has 52 heavy (non-hydrogen) atoms. The van der Waals surface area contributed by atoms with Crippen LogP contribution in [0.1, 0.15) is 71.6 Å². The number of nitrogens with one attached hydrogen (secondary N) is 3. The van der Waals surface area contributed by atoms with Gasteiger partial charge in [-0.2, -0.15) is 18.3 Å². The van der Waals surface area contributed by atoms with Crippen molar-refractivity contribution in [1.82, 2.24) is 35.6 Å². The van der Waals surface area contributed by atoms with Gasteiger partial charge >= 0.3 is 6.18 Å². The molecule has 1 saturated carbocycles. The van der Waals surface area contributed by atoms with Crippen LogP contribution in [-0.4, -0.2) is 73.8 Å². The van der Waals surface area contributed by atoms with E-state index in [2.05, 4.69) is 44.8 Å². The smallest absolute Gasteiger partial charge is 0.433 e. The van der Waals surface area contributed by atoms with Crippen LogP contribution in [0.2, 0.25) is 0 Å². The lowest BCUT2D eigenvalue weighted by molar-refractivity contribution is -0.143. The van der Waals surface area contributed by atoms with Crippen LogP contribution >= 0.6 is 0 Å². The van der Waals surface area contributed by atoms with E-state index in [9.17, 15) is 32.3 Å². The highest BCUT2D eigenvalue weighted by Crippen LogP contribution is 2.32. The zero-order valence-corrected chi connectivity index (χ0v) is 29.0. The lowest BCUT2D eigenvalue weighted by Crippen LogP contribution is -2.53. The Morgan fingerprint density at radius 2 is 1.60 bits per heavy atom. The van der Waals surface area contributed by atoms with Crippen LogP contribution in [-0.2, 0) is 19.8 Å². The number of aromatic nitrogens is 3. The summed E-state index contributed by atoms with van der Waals surface area (Å²) in [5.74, 6) is -1.51. The molecule has 0 spiro atoms. The van der Waals surface area contributed by atoms with Gasteiger partial charge in [0.15, 0.2) is 5.69 Å². The topological polar surface area (TPSA) is 134 Å². The van der Waals surface area contributed by atoms with E-state index in [1.165, 1.54) is 0 Å². The third-order valence-electron chi connectivity index (χ3n) is 9.35. The Balaban J connectivity index is 1.08. The number of amides is 2. The molecule has 2 atom stereocenters. The van der Waals surface area contributed by atoms with E-state index in [0.29, 0.717) is 60.8 Å². The zero-order valence-electron chi connectivity index (χ0n) is 29.0. The average Bonchev–Trinajstić information content (AvgIpc) is 3.50. The van der Waals surface area contributed by atoms with Crippen LogP contribution in [0.3, 0.4) is 0 Å². The summed E-state index contributed by atoms with van der Waals surface area (Å²) in [7, 11) is 1.12.